The van der Waals surface area contributed by atoms with Crippen LogP contribution in [0.4, 0.5) is 15.8 Å². The fraction of sp³-hybridized carbons (Fsp3) is 0.120. The van der Waals surface area contributed by atoms with Crippen molar-refractivity contribution in [1.29, 1.82) is 0 Å². The van der Waals surface area contributed by atoms with E-state index in [2.05, 4.69) is 21.2 Å². The third kappa shape index (κ3) is 7.65. The molecule has 8 nitrogen and oxygen atoms in total. The second-order valence-corrected chi connectivity index (χ2v) is 7.91. The number of hydrogen-bond acceptors (Lipinski definition) is 5. The van der Waals surface area contributed by atoms with Gasteiger partial charge in [-0.2, -0.15) is 5.10 Å². The van der Waals surface area contributed by atoms with Crippen molar-refractivity contribution >= 4 is 46.9 Å². The van der Waals surface area contributed by atoms with E-state index >= 15 is 0 Å². The van der Waals surface area contributed by atoms with E-state index in [1.165, 1.54) is 24.4 Å². The normalized spacial score (nSPS) is 10.6. The van der Waals surface area contributed by atoms with Gasteiger partial charge in [-0.15, -0.1) is 0 Å². The van der Waals surface area contributed by atoms with Crippen LogP contribution < -0.4 is 20.8 Å². The van der Waals surface area contributed by atoms with Crippen LogP contribution in [0, 0.1) is 19.7 Å². The molecule has 180 valence electrons. The van der Waals surface area contributed by atoms with Gasteiger partial charge in [0.2, 0.25) is 0 Å². The Bertz CT molecular complexity index is 1280. The molecule has 3 aromatic carbocycles. The maximum absolute atomic E-state index is 12.9. The molecule has 35 heavy (non-hydrogen) atoms. The first-order valence-electron chi connectivity index (χ1n) is 10.4. The van der Waals surface area contributed by atoms with E-state index in [4.69, 9.17) is 16.3 Å². The quantitative estimate of drug-likeness (QED) is 0.259. The highest BCUT2D eigenvalue weighted by molar-refractivity contribution is 6.39. The van der Waals surface area contributed by atoms with Crippen LogP contribution in [0.25, 0.3) is 0 Å². The Kier molecular flexibility index (Phi) is 8.53. The van der Waals surface area contributed by atoms with E-state index in [0.29, 0.717) is 22.0 Å². The van der Waals surface area contributed by atoms with Crippen LogP contribution in [0.15, 0.2) is 65.8 Å². The van der Waals surface area contributed by atoms with E-state index in [1.54, 1.807) is 18.2 Å². The van der Waals surface area contributed by atoms with E-state index in [-0.39, 0.29) is 18.2 Å². The zero-order chi connectivity index (χ0) is 25.4. The minimum Gasteiger partial charge on any atom is -0.483 e. The van der Waals surface area contributed by atoms with Gasteiger partial charge in [0, 0.05) is 22.0 Å². The van der Waals surface area contributed by atoms with Crippen molar-refractivity contribution in [3.05, 3.63) is 88.2 Å². The molecule has 0 aromatic heterocycles. The second kappa shape index (κ2) is 11.8. The number of benzene rings is 3. The van der Waals surface area contributed by atoms with Gasteiger partial charge in [0.05, 0.1) is 6.21 Å². The summed E-state index contributed by atoms with van der Waals surface area (Å²) in [6.07, 6.45) is 1.23. The number of carbonyl (C=O) groups excluding carboxylic acids is 3. The highest BCUT2D eigenvalue weighted by atomic mass is 35.5. The molecule has 3 rings (SSSR count). The molecule has 0 fully saturated rings. The summed E-state index contributed by atoms with van der Waals surface area (Å²) in [5.41, 5.74) is 5.52. The molecule has 10 heteroatoms. The maximum atomic E-state index is 12.9. The molecular formula is C25H22ClFN4O4. The minimum absolute atomic E-state index is 0.250. The summed E-state index contributed by atoms with van der Waals surface area (Å²) >= 11 is 6.03. The van der Waals surface area contributed by atoms with E-state index < -0.39 is 17.6 Å². The maximum Gasteiger partial charge on any atom is 0.329 e. The summed E-state index contributed by atoms with van der Waals surface area (Å²) in [7, 11) is 0. The number of ether oxygens (including phenoxy) is 1. The third-order valence-corrected chi connectivity index (χ3v) is 5.03. The van der Waals surface area contributed by atoms with Crippen LogP contribution in [0.1, 0.15) is 16.7 Å². The molecule has 0 saturated heterocycles. The fourth-order valence-electron chi connectivity index (χ4n) is 2.84. The number of halogens is 2. The summed E-state index contributed by atoms with van der Waals surface area (Å²) in [6, 6.07) is 15.1. The monoisotopic (exact) mass is 496 g/mol. The highest BCUT2D eigenvalue weighted by Crippen LogP contribution is 2.22. The fourth-order valence-corrected chi connectivity index (χ4v) is 3.02. The Hall–Kier alpha value is -4.24. The molecule has 3 amide bonds. The van der Waals surface area contributed by atoms with Crippen molar-refractivity contribution in [1.82, 2.24) is 5.43 Å². The number of anilines is 2. The number of hydrazone groups is 1. The van der Waals surface area contributed by atoms with Crippen molar-refractivity contribution in [2.24, 2.45) is 5.10 Å². The SMILES string of the molecule is Cc1ccc(NC(=O)COc2ccc(Cl)cc2/C=N\NC(=O)C(=O)Nc2ccc(F)cc2)cc1C. The molecule has 3 N–H and O–H groups in total. The van der Waals surface area contributed by atoms with Gasteiger partial charge in [-0.05, 0) is 79.6 Å². The Balaban J connectivity index is 1.57. The molecule has 0 aliphatic carbocycles. The van der Waals surface area contributed by atoms with Crippen molar-refractivity contribution in [2.45, 2.75) is 13.8 Å². The molecule has 0 aliphatic heterocycles. The largest absolute Gasteiger partial charge is 0.483 e. The molecule has 0 spiro atoms. The van der Waals surface area contributed by atoms with Crippen molar-refractivity contribution in [3.8, 4) is 5.75 Å². The van der Waals surface area contributed by atoms with E-state index in [1.807, 2.05) is 26.0 Å². The van der Waals surface area contributed by atoms with Gasteiger partial charge in [0.15, 0.2) is 6.61 Å². The summed E-state index contributed by atoms with van der Waals surface area (Å²) in [6.45, 7) is 3.65. The van der Waals surface area contributed by atoms with Crippen LogP contribution in [0.5, 0.6) is 5.75 Å². The average molecular weight is 497 g/mol. The first-order valence-corrected chi connectivity index (χ1v) is 10.8. The van der Waals surface area contributed by atoms with Gasteiger partial charge < -0.3 is 15.4 Å². The summed E-state index contributed by atoms with van der Waals surface area (Å²) < 4.78 is 18.5. The smallest absolute Gasteiger partial charge is 0.329 e. The Labute approximate surface area is 206 Å². The lowest BCUT2D eigenvalue weighted by molar-refractivity contribution is -0.136. The predicted molar refractivity (Wildman–Crippen MR) is 132 cm³/mol. The summed E-state index contributed by atoms with van der Waals surface area (Å²) in [5.74, 6) is -2.57. The standard InChI is InChI=1S/C25H22ClFN4O4/c1-15-3-7-21(11-16(15)2)29-23(32)14-35-22-10-4-18(26)12-17(22)13-28-31-25(34)24(33)30-20-8-5-19(27)6-9-20/h3-13H,14H2,1-2H3,(H,29,32)(H,30,33)(H,31,34)/b28-13-. The first-order chi connectivity index (χ1) is 16.7. The number of aryl methyl sites for hydroxylation is 2. The van der Waals surface area contributed by atoms with Gasteiger partial charge in [-0.3, -0.25) is 14.4 Å². The summed E-state index contributed by atoms with van der Waals surface area (Å²) in [5, 5.41) is 9.20. The lowest BCUT2D eigenvalue weighted by Crippen LogP contribution is -2.32. The molecule has 0 saturated carbocycles. The molecular weight excluding hydrogens is 475 g/mol. The van der Waals surface area contributed by atoms with Crippen LogP contribution in [0.3, 0.4) is 0 Å². The van der Waals surface area contributed by atoms with Crippen molar-refractivity contribution < 1.29 is 23.5 Å². The van der Waals surface area contributed by atoms with E-state index in [0.717, 1.165) is 23.3 Å². The first kappa shape index (κ1) is 25.4. The van der Waals surface area contributed by atoms with Crippen LogP contribution in [0.2, 0.25) is 5.02 Å². The van der Waals surface area contributed by atoms with Crippen LogP contribution >= 0.6 is 11.6 Å². The second-order valence-electron chi connectivity index (χ2n) is 7.48. The number of nitrogens with zero attached hydrogens (tertiary/aromatic N) is 1. The number of amides is 3. The third-order valence-electron chi connectivity index (χ3n) is 4.80. The Morgan fingerprint density at radius 2 is 1.63 bits per heavy atom. The van der Waals surface area contributed by atoms with E-state index in [9.17, 15) is 18.8 Å². The molecule has 0 unspecified atom stereocenters. The van der Waals surface area contributed by atoms with Gasteiger partial charge >= 0.3 is 11.8 Å². The number of nitrogens with one attached hydrogen (secondary N) is 3. The van der Waals surface area contributed by atoms with Crippen molar-refractivity contribution in [2.75, 3.05) is 17.2 Å². The van der Waals surface area contributed by atoms with Crippen LogP contribution in [-0.4, -0.2) is 30.5 Å². The zero-order valence-electron chi connectivity index (χ0n) is 18.9. The van der Waals surface area contributed by atoms with Crippen molar-refractivity contribution in [3.63, 3.8) is 0 Å². The molecule has 0 heterocycles. The molecule has 0 atom stereocenters. The minimum atomic E-state index is -1.04. The number of hydrogen-bond donors (Lipinski definition) is 3. The highest BCUT2D eigenvalue weighted by Gasteiger charge is 2.13. The average Bonchev–Trinajstić information content (AvgIpc) is 2.82. The molecule has 3 aromatic rings. The molecule has 0 radical (unpaired) electrons. The number of rotatable bonds is 7. The predicted octanol–water partition coefficient (Wildman–Crippen LogP) is 4.20. The van der Waals surface area contributed by atoms with Crippen LogP contribution in [-0.2, 0) is 14.4 Å². The van der Waals surface area contributed by atoms with Gasteiger partial charge in [0.1, 0.15) is 11.6 Å². The van der Waals surface area contributed by atoms with Gasteiger partial charge in [0.25, 0.3) is 5.91 Å². The number of carbonyl (C=O) groups is 3. The Morgan fingerprint density at radius 1 is 0.914 bits per heavy atom. The zero-order valence-corrected chi connectivity index (χ0v) is 19.7. The topological polar surface area (TPSA) is 109 Å². The van der Waals surface area contributed by atoms with Gasteiger partial charge in [-0.25, -0.2) is 9.82 Å². The molecule has 0 aliphatic rings. The Morgan fingerprint density at radius 3 is 2.34 bits per heavy atom. The summed E-state index contributed by atoms with van der Waals surface area (Å²) in [4.78, 5) is 36.2. The van der Waals surface area contributed by atoms with Gasteiger partial charge in [-0.1, -0.05) is 17.7 Å². The molecule has 0 bridgehead atoms. The lowest BCUT2D eigenvalue weighted by Gasteiger charge is -2.11. The lowest BCUT2D eigenvalue weighted by atomic mass is 10.1.